The van der Waals surface area contributed by atoms with Gasteiger partial charge < -0.3 is 15.6 Å². The van der Waals surface area contributed by atoms with E-state index in [1.54, 1.807) is 13.8 Å². The summed E-state index contributed by atoms with van der Waals surface area (Å²) < 4.78 is 5.43. The van der Waals surface area contributed by atoms with Crippen molar-refractivity contribution in [2.24, 2.45) is 4.99 Å². The summed E-state index contributed by atoms with van der Waals surface area (Å²) >= 11 is 0. The lowest BCUT2D eigenvalue weighted by molar-refractivity contribution is 0.0765. The van der Waals surface area contributed by atoms with Gasteiger partial charge in [0.25, 0.3) is 0 Å². The summed E-state index contributed by atoms with van der Waals surface area (Å²) in [5.74, 6) is 0.476. The Kier molecular flexibility index (Phi) is 8.69. The van der Waals surface area contributed by atoms with E-state index >= 15 is 0 Å². The maximum atomic E-state index is 8.83. The first kappa shape index (κ1) is 22.1. The standard InChI is InChI=1S/C16H21N3O.C5H12O/c1-4-12(10-20-5-2)18-15-11(3)13-8-6-7-9-14(13)19-16(15)17;1-4-5(2,3)6/h6-9H,4-5,10H2,1-3H3,(H2,17,19);6H,4H2,1-3H3. The molecule has 2 aromatic rings. The average Bonchev–Trinajstić information content (AvgIpc) is 2.61. The number of aromatic nitrogens is 1. The minimum atomic E-state index is -0.458. The van der Waals surface area contributed by atoms with Crippen molar-refractivity contribution >= 4 is 28.1 Å². The molecular weight excluding hydrogens is 326 g/mol. The summed E-state index contributed by atoms with van der Waals surface area (Å²) in [7, 11) is 0. The van der Waals surface area contributed by atoms with Gasteiger partial charge in [0.1, 0.15) is 11.5 Å². The summed E-state index contributed by atoms with van der Waals surface area (Å²) in [4.78, 5) is 9.10. The van der Waals surface area contributed by atoms with Gasteiger partial charge in [-0.25, -0.2) is 4.98 Å². The van der Waals surface area contributed by atoms with Crippen molar-refractivity contribution in [1.82, 2.24) is 4.98 Å². The summed E-state index contributed by atoms with van der Waals surface area (Å²) in [6.07, 6.45) is 1.67. The second-order valence-corrected chi connectivity index (χ2v) is 6.82. The van der Waals surface area contributed by atoms with Crippen molar-refractivity contribution in [3.63, 3.8) is 0 Å². The number of rotatable bonds is 6. The normalized spacial score (nSPS) is 12.0. The highest BCUT2D eigenvalue weighted by molar-refractivity contribution is 5.94. The zero-order valence-corrected chi connectivity index (χ0v) is 17.0. The van der Waals surface area contributed by atoms with E-state index in [1.807, 2.05) is 45.0 Å². The van der Waals surface area contributed by atoms with Gasteiger partial charge in [0.05, 0.1) is 17.7 Å². The van der Waals surface area contributed by atoms with Gasteiger partial charge in [-0.05, 0) is 52.2 Å². The predicted molar refractivity (Wildman–Crippen MR) is 111 cm³/mol. The van der Waals surface area contributed by atoms with Crippen LogP contribution in [-0.2, 0) is 4.74 Å². The highest BCUT2D eigenvalue weighted by atomic mass is 16.5. The molecule has 1 heterocycles. The van der Waals surface area contributed by atoms with Crippen LogP contribution >= 0.6 is 0 Å². The van der Waals surface area contributed by atoms with Crippen LogP contribution in [0, 0.1) is 6.92 Å². The molecule has 0 fully saturated rings. The third-order valence-corrected chi connectivity index (χ3v) is 4.16. The van der Waals surface area contributed by atoms with Crippen molar-refractivity contribution in [3.05, 3.63) is 29.8 Å². The summed E-state index contributed by atoms with van der Waals surface area (Å²) in [6, 6.07) is 7.97. The Labute approximate surface area is 157 Å². The summed E-state index contributed by atoms with van der Waals surface area (Å²) in [5.41, 5.74) is 9.32. The highest BCUT2D eigenvalue weighted by Crippen LogP contribution is 2.31. The minimum Gasteiger partial charge on any atom is -0.390 e. The second kappa shape index (κ2) is 10.2. The van der Waals surface area contributed by atoms with Gasteiger partial charge >= 0.3 is 0 Å². The fraction of sp³-hybridized carbons (Fsp3) is 0.524. The first-order valence-electron chi connectivity index (χ1n) is 9.24. The molecule has 0 radical (unpaired) electrons. The molecule has 5 heteroatoms. The molecule has 5 nitrogen and oxygen atoms in total. The Morgan fingerprint density at radius 2 is 1.85 bits per heavy atom. The van der Waals surface area contributed by atoms with Crippen LogP contribution in [0.5, 0.6) is 0 Å². The molecule has 2 rings (SSSR count). The van der Waals surface area contributed by atoms with Crippen molar-refractivity contribution < 1.29 is 9.84 Å². The van der Waals surface area contributed by atoms with Crippen LogP contribution in [0.15, 0.2) is 29.3 Å². The number of nitrogen functional groups attached to an aromatic ring is 1. The Morgan fingerprint density at radius 1 is 1.23 bits per heavy atom. The van der Waals surface area contributed by atoms with Crippen molar-refractivity contribution in [3.8, 4) is 0 Å². The third kappa shape index (κ3) is 6.73. The first-order chi connectivity index (χ1) is 12.2. The molecule has 0 aliphatic carbocycles. The van der Waals surface area contributed by atoms with Crippen LogP contribution in [0.1, 0.15) is 53.0 Å². The molecule has 0 saturated carbocycles. The van der Waals surface area contributed by atoms with Gasteiger partial charge in [0, 0.05) is 17.7 Å². The molecule has 1 aromatic heterocycles. The van der Waals surface area contributed by atoms with Crippen LogP contribution in [0.2, 0.25) is 0 Å². The Hall–Kier alpha value is -1.98. The molecule has 0 aliphatic rings. The van der Waals surface area contributed by atoms with Gasteiger partial charge in [-0.15, -0.1) is 0 Å². The van der Waals surface area contributed by atoms with Gasteiger partial charge in [0.15, 0.2) is 0 Å². The number of aliphatic imine (C=N–C) groups is 1. The van der Waals surface area contributed by atoms with Crippen molar-refractivity contribution in [1.29, 1.82) is 0 Å². The monoisotopic (exact) mass is 359 g/mol. The number of ether oxygens (including phenoxy) is 1. The fourth-order valence-electron chi connectivity index (χ4n) is 2.12. The molecular formula is C21H33N3O2. The van der Waals surface area contributed by atoms with E-state index in [1.165, 1.54) is 0 Å². The zero-order valence-electron chi connectivity index (χ0n) is 17.0. The van der Waals surface area contributed by atoms with Gasteiger partial charge in [0.2, 0.25) is 0 Å². The molecule has 0 saturated heterocycles. The van der Waals surface area contributed by atoms with Crippen LogP contribution < -0.4 is 5.73 Å². The number of aryl methyl sites for hydroxylation is 1. The molecule has 0 bridgehead atoms. The van der Waals surface area contributed by atoms with Gasteiger partial charge in [-0.2, -0.15) is 0 Å². The molecule has 0 amide bonds. The molecule has 0 spiro atoms. The van der Waals surface area contributed by atoms with Gasteiger partial charge in [-0.1, -0.05) is 32.0 Å². The molecule has 0 unspecified atom stereocenters. The maximum absolute atomic E-state index is 8.83. The van der Waals surface area contributed by atoms with Crippen LogP contribution in [0.4, 0.5) is 11.5 Å². The van der Waals surface area contributed by atoms with Gasteiger partial charge in [-0.3, -0.25) is 4.99 Å². The molecule has 0 aliphatic heterocycles. The number of para-hydroxylation sites is 1. The number of nitrogens with zero attached hydrogens (tertiary/aromatic N) is 2. The van der Waals surface area contributed by atoms with Crippen LogP contribution in [0.25, 0.3) is 10.9 Å². The molecule has 1 aromatic carbocycles. The quantitative estimate of drug-likeness (QED) is 0.725. The van der Waals surface area contributed by atoms with E-state index in [9.17, 15) is 0 Å². The number of pyridine rings is 1. The maximum Gasteiger partial charge on any atom is 0.150 e. The van der Waals surface area contributed by atoms with E-state index in [2.05, 4.69) is 16.9 Å². The molecule has 3 N–H and O–H groups in total. The number of anilines is 1. The topological polar surface area (TPSA) is 80.7 Å². The van der Waals surface area contributed by atoms with Crippen molar-refractivity contribution in [2.45, 2.75) is 60.0 Å². The van der Waals surface area contributed by atoms with Crippen LogP contribution in [-0.4, -0.2) is 34.6 Å². The van der Waals surface area contributed by atoms with E-state index in [4.69, 9.17) is 15.6 Å². The SMILES string of the molecule is CCC(C)(C)O.CCOCC(CC)=Nc1c(N)nc2ccccc2c1C. The molecule has 26 heavy (non-hydrogen) atoms. The Morgan fingerprint density at radius 3 is 2.38 bits per heavy atom. The Balaban J connectivity index is 0.000000487. The van der Waals surface area contributed by atoms with Crippen LogP contribution in [0.3, 0.4) is 0 Å². The summed E-state index contributed by atoms with van der Waals surface area (Å²) in [6.45, 7) is 12.9. The lowest BCUT2D eigenvalue weighted by Gasteiger charge is -2.11. The van der Waals surface area contributed by atoms with E-state index in [0.29, 0.717) is 19.0 Å². The van der Waals surface area contributed by atoms with E-state index in [0.717, 1.165) is 40.7 Å². The van der Waals surface area contributed by atoms with E-state index in [-0.39, 0.29) is 0 Å². The smallest absolute Gasteiger partial charge is 0.150 e. The second-order valence-electron chi connectivity index (χ2n) is 6.82. The largest absolute Gasteiger partial charge is 0.390 e. The third-order valence-electron chi connectivity index (χ3n) is 4.16. The number of hydrogen-bond donors (Lipinski definition) is 2. The first-order valence-corrected chi connectivity index (χ1v) is 9.24. The zero-order chi connectivity index (χ0) is 19.7. The number of aliphatic hydroxyl groups is 1. The number of hydrogen-bond acceptors (Lipinski definition) is 5. The lowest BCUT2D eigenvalue weighted by Crippen LogP contribution is -2.15. The number of benzene rings is 1. The molecule has 0 atom stereocenters. The predicted octanol–water partition coefficient (Wildman–Crippen LogP) is 4.81. The molecule has 144 valence electrons. The van der Waals surface area contributed by atoms with E-state index < -0.39 is 5.60 Å². The average molecular weight is 360 g/mol. The van der Waals surface area contributed by atoms with Crippen molar-refractivity contribution in [2.75, 3.05) is 18.9 Å². The Bertz CT molecular complexity index is 734. The fourth-order valence-corrected chi connectivity index (χ4v) is 2.12. The number of fused-ring (bicyclic) bond motifs is 1. The number of nitrogens with two attached hydrogens (primary N) is 1. The lowest BCUT2D eigenvalue weighted by atomic mass is 10.1. The minimum absolute atomic E-state index is 0.458. The highest BCUT2D eigenvalue weighted by Gasteiger charge is 2.10. The summed E-state index contributed by atoms with van der Waals surface area (Å²) in [5, 5.41) is 9.92.